The predicted molar refractivity (Wildman–Crippen MR) is 88.9 cm³/mol. The highest BCUT2D eigenvalue weighted by atomic mass is 19.4. The van der Waals surface area contributed by atoms with Crippen molar-refractivity contribution < 1.29 is 27.9 Å². The number of nitrogens with zero attached hydrogens (tertiary/aromatic N) is 4. The van der Waals surface area contributed by atoms with Gasteiger partial charge in [0.2, 0.25) is 5.91 Å². The van der Waals surface area contributed by atoms with Crippen molar-refractivity contribution in [3.8, 4) is 0 Å². The van der Waals surface area contributed by atoms with Crippen molar-refractivity contribution in [2.75, 3.05) is 18.0 Å². The minimum Gasteiger partial charge on any atom is -0.475 e. The number of carboxylic acid groups (broad SMARTS) is 1. The molecule has 27 heavy (non-hydrogen) atoms. The zero-order valence-electron chi connectivity index (χ0n) is 14.0. The Kier molecular flexibility index (Phi) is 6.32. The fourth-order valence-corrected chi connectivity index (χ4v) is 2.53. The molecule has 2 aromatic rings. The largest absolute Gasteiger partial charge is 0.490 e. The Hall–Kier alpha value is -3.18. The van der Waals surface area contributed by atoms with Gasteiger partial charge in [-0.05, 0) is 18.9 Å². The number of aliphatic carboxylic acids is 1. The van der Waals surface area contributed by atoms with Crippen molar-refractivity contribution in [1.29, 1.82) is 0 Å². The van der Waals surface area contributed by atoms with Gasteiger partial charge in [0, 0.05) is 19.1 Å². The Bertz CT molecular complexity index is 822. The summed E-state index contributed by atoms with van der Waals surface area (Å²) in [6.45, 7) is 5.10. The van der Waals surface area contributed by atoms with Crippen LogP contribution in [-0.4, -0.2) is 62.2 Å². The molecule has 0 bridgehead atoms. The molecular formula is C15H17F3N6O3. The number of carbonyl (C=O) groups is 2. The summed E-state index contributed by atoms with van der Waals surface area (Å²) in [5.74, 6) is -2.08. The lowest BCUT2D eigenvalue weighted by atomic mass is 10.1. The summed E-state index contributed by atoms with van der Waals surface area (Å²) < 4.78 is 31.7. The number of fused-ring (bicyclic) bond motifs is 1. The average molecular weight is 386 g/mol. The predicted octanol–water partition coefficient (Wildman–Crippen LogP) is 1.26. The number of nitrogens with one attached hydrogen (secondary N) is 2. The van der Waals surface area contributed by atoms with Crippen LogP contribution in [0, 0.1) is 0 Å². The normalized spacial score (nSPS) is 17.0. The maximum Gasteiger partial charge on any atom is 0.490 e. The van der Waals surface area contributed by atoms with Gasteiger partial charge in [0.05, 0.1) is 6.33 Å². The van der Waals surface area contributed by atoms with E-state index < -0.39 is 12.1 Å². The van der Waals surface area contributed by atoms with Crippen LogP contribution in [0.2, 0.25) is 0 Å². The Labute approximate surface area is 151 Å². The number of H-pyrrole nitrogens is 1. The highest BCUT2D eigenvalue weighted by molar-refractivity contribution is 5.87. The topological polar surface area (TPSA) is 124 Å². The lowest BCUT2D eigenvalue weighted by molar-refractivity contribution is -0.192. The molecule has 3 rings (SSSR count). The third-order valence-electron chi connectivity index (χ3n) is 3.69. The van der Waals surface area contributed by atoms with E-state index in [-0.39, 0.29) is 11.9 Å². The number of carbonyl (C=O) groups excluding carboxylic acids is 1. The van der Waals surface area contributed by atoms with Crippen molar-refractivity contribution in [3.63, 3.8) is 0 Å². The summed E-state index contributed by atoms with van der Waals surface area (Å²) >= 11 is 0. The number of anilines is 1. The second kappa shape index (κ2) is 8.47. The molecule has 1 aliphatic rings. The fraction of sp³-hybridized carbons (Fsp3) is 0.400. The second-order valence-electron chi connectivity index (χ2n) is 5.60. The van der Waals surface area contributed by atoms with Crippen LogP contribution in [0.4, 0.5) is 19.0 Å². The molecule has 1 fully saturated rings. The first-order chi connectivity index (χ1) is 12.7. The van der Waals surface area contributed by atoms with Gasteiger partial charge in [-0.3, -0.25) is 4.79 Å². The minimum atomic E-state index is -5.08. The highest BCUT2D eigenvalue weighted by Crippen LogP contribution is 2.23. The molecule has 12 heteroatoms. The van der Waals surface area contributed by atoms with Gasteiger partial charge in [-0.2, -0.15) is 13.2 Å². The van der Waals surface area contributed by atoms with Crippen molar-refractivity contribution >= 4 is 28.9 Å². The van der Waals surface area contributed by atoms with E-state index in [9.17, 15) is 18.0 Å². The number of halogens is 3. The Balaban J connectivity index is 0.000000321. The number of piperidine rings is 1. The second-order valence-corrected chi connectivity index (χ2v) is 5.60. The number of imidazole rings is 1. The SMILES string of the molecule is C=CC(=O)N[C@@H]1CCCN(c2ncnc3[nH]cnc23)C1.O=C(O)C(F)(F)F. The molecule has 0 aromatic carbocycles. The van der Waals surface area contributed by atoms with Gasteiger partial charge in [-0.1, -0.05) is 6.58 Å². The van der Waals surface area contributed by atoms with Crippen LogP contribution in [0.15, 0.2) is 25.3 Å². The summed E-state index contributed by atoms with van der Waals surface area (Å²) in [6.07, 6.45) is 1.32. The van der Waals surface area contributed by atoms with Gasteiger partial charge in [-0.25, -0.2) is 19.7 Å². The first-order valence-corrected chi connectivity index (χ1v) is 7.84. The molecule has 9 nitrogen and oxygen atoms in total. The maximum absolute atomic E-state index is 11.4. The zero-order chi connectivity index (χ0) is 20.0. The molecular weight excluding hydrogens is 369 g/mol. The summed E-state index contributed by atoms with van der Waals surface area (Å²) in [6, 6.07) is 0.109. The van der Waals surface area contributed by atoms with E-state index >= 15 is 0 Å². The number of amides is 1. The molecule has 3 N–H and O–H groups in total. The molecule has 0 unspecified atom stereocenters. The van der Waals surface area contributed by atoms with Gasteiger partial charge in [0.1, 0.15) is 11.8 Å². The molecule has 0 saturated carbocycles. The number of aromatic nitrogens is 4. The number of hydrogen-bond donors (Lipinski definition) is 3. The standard InChI is InChI=1S/C13H16N6O.C2HF3O2/c1-2-10(20)18-9-4-3-5-19(6-9)13-11-12(15-7-14-11)16-8-17-13;3-2(4,5)1(6)7/h2,7-9H,1,3-6H2,(H,18,20)(H,14,15,16,17);(H,6,7)/t9-;/m1./s1. The highest BCUT2D eigenvalue weighted by Gasteiger charge is 2.38. The third kappa shape index (κ3) is 5.39. The Morgan fingerprint density at radius 1 is 1.37 bits per heavy atom. The number of aromatic amines is 1. The van der Waals surface area contributed by atoms with Crippen LogP contribution in [0.1, 0.15) is 12.8 Å². The van der Waals surface area contributed by atoms with Crippen molar-refractivity contribution in [2.45, 2.75) is 25.1 Å². The lowest BCUT2D eigenvalue weighted by Gasteiger charge is -2.33. The van der Waals surface area contributed by atoms with Gasteiger partial charge < -0.3 is 20.3 Å². The molecule has 1 amide bonds. The monoisotopic (exact) mass is 386 g/mol. The number of rotatable bonds is 3. The van der Waals surface area contributed by atoms with Crippen molar-refractivity contribution in [2.24, 2.45) is 0 Å². The number of carboxylic acids is 1. The number of alkyl halides is 3. The van der Waals surface area contributed by atoms with Crippen LogP contribution in [0.25, 0.3) is 11.2 Å². The third-order valence-corrected chi connectivity index (χ3v) is 3.69. The van der Waals surface area contributed by atoms with E-state index in [1.54, 1.807) is 6.33 Å². The zero-order valence-corrected chi connectivity index (χ0v) is 14.0. The lowest BCUT2D eigenvalue weighted by Crippen LogP contribution is -2.47. The van der Waals surface area contributed by atoms with Crippen molar-refractivity contribution in [3.05, 3.63) is 25.3 Å². The molecule has 2 aromatic heterocycles. The molecule has 1 atom stereocenters. The van der Waals surface area contributed by atoms with Gasteiger partial charge in [-0.15, -0.1) is 0 Å². The van der Waals surface area contributed by atoms with Gasteiger partial charge in [0.15, 0.2) is 11.5 Å². The van der Waals surface area contributed by atoms with E-state index in [4.69, 9.17) is 9.90 Å². The van der Waals surface area contributed by atoms with E-state index in [1.165, 1.54) is 12.4 Å². The quantitative estimate of drug-likeness (QED) is 0.678. The van der Waals surface area contributed by atoms with Crippen LogP contribution in [0.5, 0.6) is 0 Å². The minimum absolute atomic E-state index is 0.109. The summed E-state index contributed by atoms with van der Waals surface area (Å²) in [5.41, 5.74) is 1.50. The van der Waals surface area contributed by atoms with Crippen LogP contribution >= 0.6 is 0 Å². The maximum atomic E-state index is 11.4. The smallest absolute Gasteiger partial charge is 0.475 e. The van der Waals surface area contributed by atoms with Gasteiger partial charge >= 0.3 is 12.1 Å². The number of hydrogen-bond acceptors (Lipinski definition) is 6. The van der Waals surface area contributed by atoms with Crippen molar-refractivity contribution in [1.82, 2.24) is 25.3 Å². The van der Waals surface area contributed by atoms with Gasteiger partial charge in [0.25, 0.3) is 0 Å². The first-order valence-electron chi connectivity index (χ1n) is 7.84. The summed E-state index contributed by atoms with van der Waals surface area (Å²) in [5, 5.41) is 10.1. The molecule has 1 saturated heterocycles. The molecule has 146 valence electrons. The van der Waals surface area contributed by atoms with Crippen LogP contribution in [-0.2, 0) is 9.59 Å². The van der Waals surface area contributed by atoms with E-state index in [0.717, 1.165) is 42.9 Å². The van der Waals surface area contributed by atoms with Crippen LogP contribution < -0.4 is 10.2 Å². The van der Waals surface area contributed by atoms with Crippen LogP contribution in [0.3, 0.4) is 0 Å². The van der Waals surface area contributed by atoms with E-state index in [0.29, 0.717) is 0 Å². The molecule has 0 aliphatic carbocycles. The molecule has 3 heterocycles. The average Bonchev–Trinajstić information content (AvgIpc) is 3.10. The summed E-state index contributed by atoms with van der Waals surface area (Å²) in [7, 11) is 0. The Morgan fingerprint density at radius 2 is 2.07 bits per heavy atom. The fourth-order valence-electron chi connectivity index (χ4n) is 2.53. The molecule has 1 aliphatic heterocycles. The summed E-state index contributed by atoms with van der Waals surface area (Å²) in [4.78, 5) is 38.2. The van der Waals surface area contributed by atoms with E-state index in [2.05, 4.69) is 36.7 Å². The molecule has 0 spiro atoms. The van der Waals surface area contributed by atoms with E-state index in [1.807, 2.05) is 0 Å². The Morgan fingerprint density at radius 3 is 2.70 bits per heavy atom. The first kappa shape index (κ1) is 20.1. The molecule has 0 radical (unpaired) electrons.